The van der Waals surface area contributed by atoms with Crippen molar-refractivity contribution in [1.82, 2.24) is 14.5 Å². The molecule has 1 saturated heterocycles. The summed E-state index contributed by atoms with van der Waals surface area (Å²) >= 11 is 0.952. The number of aryl methyl sites for hydroxylation is 2. The summed E-state index contributed by atoms with van der Waals surface area (Å²) in [6.07, 6.45) is 1.20. The van der Waals surface area contributed by atoms with Crippen molar-refractivity contribution < 1.29 is 22.0 Å². The third-order valence-corrected chi connectivity index (χ3v) is 8.31. The van der Waals surface area contributed by atoms with Crippen molar-refractivity contribution in [3.8, 4) is 0 Å². The van der Waals surface area contributed by atoms with Gasteiger partial charge in [-0.1, -0.05) is 23.5 Å². The molecule has 2 heterocycles. The standard InChI is InChI=1S/C21H20F2N4O3S2/c1-12-5-6-13(2)18(10-12)32(29,30)27-9-3-4-17(27)20-25-26-21(31-20)19(28)24-16-8-7-14(22)11-15(16)23/h5-8,10-11,17H,3-4,9H2,1-2H3,(H,24,28)/t17-/m1/s1. The van der Waals surface area contributed by atoms with E-state index in [0.29, 0.717) is 36.0 Å². The summed E-state index contributed by atoms with van der Waals surface area (Å²) in [5.41, 5.74) is 1.31. The number of hydrogen-bond acceptors (Lipinski definition) is 6. The van der Waals surface area contributed by atoms with E-state index in [1.54, 1.807) is 19.1 Å². The van der Waals surface area contributed by atoms with Gasteiger partial charge in [0.05, 0.1) is 16.6 Å². The summed E-state index contributed by atoms with van der Waals surface area (Å²) in [5.74, 6) is -2.38. The predicted octanol–water partition coefficient (Wildman–Crippen LogP) is 4.21. The molecule has 0 saturated carbocycles. The summed E-state index contributed by atoms with van der Waals surface area (Å²) in [6.45, 7) is 3.92. The molecule has 0 radical (unpaired) electrons. The molecule has 0 aliphatic carbocycles. The number of anilines is 1. The molecule has 1 N–H and O–H groups in total. The molecule has 4 rings (SSSR count). The Morgan fingerprint density at radius 2 is 1.94 bits per heavy atom. The van der Waals surface area contributed by atoms with Gasteiger partial charge in [-0.05, 0) is 56.0 Å². The zero-order chi connectivity index (χ0) is 23.0. The summed E-state index contributed by atoms with van der Waals surface area (Å²) in [5, 5.41) is 10.6. The second kappa shape index (κ2) is 8.64. The zero-order valence-corrected chi connectivity index (χ0v) is 18.9. The molecule has 0 bridgehead atoms. The maximum Gasteiger partial charge on any atom is 0.286 e. The molecule has 2 aromatic carbocycles. The number of nitrogens with one attached hydrogen (secondary N) is 1. The molecule has 11 heteroatoms. The van der Waals surface area contributed by atoms with Gasteiger partial charge in [-0.15, -0.1) is 10.2 Å². The van der Waals surface area contributed by atoms with E-state index >= 15 is 0 Å². The van der Waals surface area contributed by atoms with Crippen molar-refractivity contribution in [1.29, 1.82) is 0 Å². The third kappa shape index (κ3) is 4.27. The number of carbonyl (C=O) groups is 1. The molecule has 1 amide bonds. The van der Waals surface area contributed by atoms with Crippen LogP contribution in [0.3, 0.4) is 0 Å². The number of halogens is 2. The molecule has 7 nitrogen and oxygen atoms in total. The highest BCUT2D eigenvalue weighted by atomic mass is 32.2. The van der Waals surface area contributed by atoms with Crippen LogP contribution < -0.4 is 5.32 Å². The van der Waals surface area contributed by atoms with Gasteiger partial charge in [0.25, 0.3) is 5.91 Å². The largest absolute Gasteiger partial charge is 0.317 e. The van der Waals surface area contributed by atoms with Crippen LogP contribution in [0.15, 0.2) is 41.3 Å². The minimum atomic E-state index is -3.77. The van der Waals surface area contributed by atoms with Crippen LogP contribution >= 0.6 is 11.3 Å². The summed E-state index contributed by atoms with van der Waals surface area (Å²) in [4.78, 5) is 12.7. The predicted molar refractivity (Wildman–Crippen MR) is 116 cm³/mol. The lowest BCUT2D eigenvalue weighted by atomic mass is 10.2. The number of nitrogens with zero attached hydrogens (tertiary/aromatic N) is 3. The average molecular weight is 479 g/mol. The first kappa shape index (κ1) is 22.4. The average Bonchev–Trinajstić information content (AvgIpc) is 3.41. The van der Waals surface area contributed by atoms with Gasteiger partial charge in [0, 0.05) is 12.6 Å². The molecule has 32 heavy (non-hydrogen) atoms. The maximum atomic E-state index is 13.8. The maximum absolute atomic E-state index is 13.8. The fourth-order valence-corrected chi connectivity index (χ4v) is 6.54. The van der Waals surface area contributed by atoms with Gasteiger partial charge >= 0.3 is 0 Å². The number of amides is 1. The Hall–Kier alpha value is -2.76. The van der Waals surface area contributed by atoms with E-state index in [0.717, 1.165) is 29.0 Å². The van der Waals surface area contributed by atoms with E-state index in [2.05, 4.69) is 15.5 Å². The fourth-order valence-electron chi connectivity index (χ4n) is 3.61. The van der Waals surface area contributed by atoms with Crippen LogP contribution in [0.2, 0.25) is 0 Å². The number of hydrogen-bond donors (Lipinski definition) is 1. The van der Waals surface area contributed by atoms with Crippen molar-refractivity contribution in [2.75, 3.05) is 11.9 Å². The van der Waals surface area contributed by atoms with Crippen LogP contribution in [-0.2, 0) is 10.0 Å². The molecule has 1 aliphatic rings. The van der Waals surface area contributed by atoms with Crippen LogP contribution in [0, 0.1) is 25.5 Å². The summed E-state index contributed by atoms with van der Waals surface area (Å²) < 4.78 is 55.0. The van der Waals surface area contributed by atoms with Gasteiger partial charge in [-0.25, -0.2) is 17.2 Å². The van der Waals surface area contributed by atoms with Crippen LogP contribution in [0.25, 0.3) is 0 Å². The lowest BCUT2D eigenvalue weighted by molar-refractivity contribution is 0.102. The van der Waals surface area contributed by atoms with Crippen molar-refractivity contribution in [3.05, 3.63) is 69.2 Å². The SMILES string of the molecule is Cc1ccc(C)c(S(=O)(=O)N2CCC[C@@H]2c2nnc(C(=O)Nc3ccc(F)cc3F)s2)c1. The van der Waals surface area contributed by atoms with E-state index in [1.165, 1.54) is 4.31 Å². The minimum absolute atomic E-state index is 0.0419. The normalized spacial score (nSPS) is 16.9. The first-order chi connectivity index (χ1) is 15.2. The Labute approximate surface area is 188 Å². The molecule has 0 unspecified atom stereocenters. The van der Waals surface area contributed by atoms with Crippen LogP contribution in [-0.4, -0.2) is 35.4 Å². The fraction of sp³-hybridized carbons (Fsp3) is 0.286. The molecule has 1 fully saturated rings. The van der Waals surface area contributed by atoms with E-state index < -0.39 is 33.6 Å². The minimum Gasteiger partial charge on any atom is -0.317 e. The van der Waals surface area contributed by atoms with Gasteiger partial charge in [0.15, 0.2) is 0 Å². The monoisotopic (exact) mass is 478 g/mol. The molecule has 3 aromatic rings. The molecule has 1 atom stereocenters. The van der Waals surface area contributed by atoms with Crippen LogP contribution in [0.5, 0.6) is 0 Å². The highest BCUT2D eigenvalue weighted by Gasteiger charge is 2.39. The smallest absolute Gasteiger partial charge is 0.286 e. The summed E-state index contributed by atoms with van der Waals surface area (Å²) in [7, 11) is -3.77. The van der Waals surface area contributed by atoms with Gasteiger partial charge in [0.2, 0.25) is 15.0 Å². The Balaban J connectivity index is 1.58. The van der Waals surface area contributed by atoms with Crippen molar-refractivity contribution in [2.45, 2.75) is 37.6 Å². The first-order valence-corrected chi connectivity index (χ1v) is 12.1. The van der Waals surface area contributed by atoms with Gasteiger partial charge in [-0.2, -0.15) is 4.31 Å². The Kier molecular flexibility index (Phi) is 6.06. The molecular formula is C21H20F2N4O3S2. The second-order valence-corrected chi connectivity index (χ2v) is 10.4. The van der Waals surface area contributed by atoms with Crippen LogP contribution in [0.1, 0.15) is 44.8 Å². The van der Waals surface area contributed by atoms with E-state index in [-0.39, 0.29) is 15.6 Å². The van der Waals surface area contributed by atoms with Crippen molar-refractivity contribution >= 4 is 33.0 Å². The second-order valence-electron chi connectivity index (χ2n) is 7.57. The lowest BCUT2D eigenvalue weighted by Crippen LogP contribution is -2.31. The number of benzene rings is 2. The number of rotatable bonds is 5. The lowest BCUT2D eigenvalue weighted by Gasteiger charge is -2.23. The Morgan fingerprint density at radius 1 is 1.16 bits per heavy atom. The van der Waals surface area contributed by atoms with E-state index in [9.17, 15) is 22.0 Å². The number of aromatic nitrogens is 2. The third-order valence-electron chi connectivity index (χ3n) is 5.23. The molecular weight excluding hydrogens is 458 g/mol. The van der Waals surface area contributed by atoms with Gasteiger partial charge in [0.1, 0.15) is 16.6 Å². The van der Waals surface area contributed by atoms with Crippen molar-refractivity contribution in [3.63, 3.8) is 0 Å². The molecule has 168 valence electrons. The molecule has 1 aromatic heterocycles. The van der Waals surface area contributed by atoms with Crippen LogP contribution in [0.4, 0.5) is 14.5 Å². The first-order valence-electron chi connectivity index (χ1n) is 9.85. The Bertz CT molecular complexity index is 1290. The van der Waals surface area contributed by atoms with Gasteiger partial charge < -0.3 is 5.32 Å². The topological polar surface area (TPSA) is 92.3 Å². The van der Waals surface area contributed by atoms with E-state index in [1.807, 2.05) is 13.0 Å². The zero-order valence-electron chi connectivity index (χ0n) is 17.3. The summed E-state index contributed by atoms with van der Waals surface area (Å²) in [6, 6.07) is 7.54. The quantitative estimate of drug-likeness (QED) is 0.593. The molecule has 1 aliphatic heterocycles. The molecule has 0 spiro atoms. The highest BCUT2D eigenvalue weighted by Crippen LogP contribution is 2.38. The highest BCUT2D eigenvalue weighted by molar-refractivity contribution is 7.89. The Morgan fingerprint density at radius 3 is 2.69 bits per heavy atom. The van der Waals surface area contributed by atoms with E-state index in [4.69, 9.17) is 0 Å². The van der Waals surface area contributed by atoms with Crippen molar-refractivity contribution in [2.24, 2.45) is 0 Å². The van der Waals surface area contributed by atoms with Gasteiger partial charge in [-0.3, -0.25) is 4.79 Å². The number of sulfonamides is 1. The number of carbonyl (C=O) groups excluding carboxylic acids is 1.